The highest BCUT2D eigenvalue weighted by atomic mass is 127. The van der Waals surface area contributed by atoms with Gasteiger partial charge in [-0.05, 0) is 90.0 Å². The van der Waals surface area contributed by atoms with Gasteiger partial charge in [0.15, 0.2) is 11.5 Å². The largest absolute Gasteiger partial charge is 0.497 e. The van der Waals surface area contributed by atoms with E-state index >= 15 is 0 Å². The van der Waals surface area contributed by atoms with Gasteiger partial charge < -0.3 is 14.2 Å². The molecule has 0 atom stereocenters. The minimum absolute atomic E-state index is 0.179. The van der Waals surface area contributed by atoms with Gasteiger partial charge in [0.05, 0.1) is 23.0 Å². The zero-order valence-electron chi connectivity index (χ0n) is 20.5. The van der Waals surface area contributed by atoms with Crippen molar-refractivity contribution in [2.45, 2.75) is 20.5 Å². The first-order chi connectivity index (χ1) is 17.8. The number of methoxy groups -OCH3 is 1. The fourth-order valence-electron chi connectivity index (χ4n) is 3.70. The fraction of sp³-hybridized carbons (Fsp3) is 0.179. The molecule has 0 aromatic heterocycles. The average Bonchev–Trinajstić information content (AvgIpc) is 2.87. The van der Waals surface area contributed by atoms with E-state index in [0.29, 0.717) is 41.7 Å². The van der Waals surface area contributed by atoms with E-state index in [1.54, 1.807) is 36.4 Å². The molecule has 0 radical (unpaired) electrons. The van der Waals surface area contributed by atoms with Gasteiger partial charge in [-0.1, -0.05) is 29.8 Å². The lowest BCUT2D eigenvalue weighted by Crippen LogP contribution is -2.54. The number of nitrogens with one attached hydrogen (secondary N) is 1. The van der Waals surface area contributed by atoms with E-state index in [-0.39, 0.29) is 5.57 Å². The van der Waals surface area contributed by atoms with Crippen LogP contribution in [0.5, 0.6) is 17.2 Å². The number of carbonyl (C=O) groups excluding carboxylic acids is 3. The number of imide groups is 2. The van der Waals surface area contributed by atoms with Crippen molar-refractivity contribution in [3.05, 3.63) is 86.5 Å². The molecular weight excluding hydrogens is 587 g/mol. The maximum atomic E-state index is 13.2. The quantitative estimate of drug-likeness (QED) is 0.212. The molecule has 3 aromatic carbocycles. The molecule has 0 saturated carbocycles. The molecule has 9 heteroatoms. The van der Waals surface area contributed by atoms with Crippen LogP contribution in [0.15, 0.2) is 66.2 Å². The number of urea groups is 1. The van der Waals surface area contributed by atoms with E-state index in [4.69, 9.17) is 14.2 Å². The van der Waals surface area contributed by atoms with Crippen LogP contribution in [0.1, 0.15) is 23.6 Å². The molecule has 1 N–H and O–H groups in total. The van der Waals surface area contributed by atoms with Gasteiger partial charge in [-0.3, -0.25) is 14.9 Å². The van der Waals surface area contributed by atoms with Crippen LogP contribution in [0.2, 0.25) is 0 Å². The van der Waals surface area contributed by atoms with Crippen molar-refractivity contribution >= 4 is 52.2 Å². The van der Waals surface area contributed by atoms with E-state index in [0.717, 1.165) is 14.0 Å². The Morgan fingerprint density at radius 3 is 2.32 bits per heavy atom. The molecule has 8 nitrogen and oxygen atoms in total. The summed E-state index contributed by atoms with van der Waals surface area (Å²) in [5, 5.41) is 2.24. The zero-order valence-corrected chi connectivity index (χ0v) is 22.7. The number of barbiturate groups is 1. The third-order valence-corrected chi connectivity index (χ3v) is 6.38. The summed E-state index contributed by atoms with van der Waals surface area (Å²) in [5.41, 5.74) is 2.87. The number of benzene rings is 3. The van der Waals surface area contributed by atoms with Gasteiger partial charge >= 0.3 is 6.03 Å². The molecular formula is C28H25IN2O6. The van der Waals surface area contributed by atoms with Gasteiger partial charge in [-0.25, -0.2) is 9.69 Å². The third-order valence-electron chi connectivity index (χ3n) is 5.58. The van der Waals surface area contributed by atoms with Crippen LogP contribution in [0.4, 0.5) is 10.5 Å². The Kier molecular flexibility index (Phi) is 8.12. The Morgan fingerprint density at radius 2 is 1.68 bits per heavy atom. The van der Waals surface area contributed by atoms with Crippen molar-refractivity contribution in [2.75, 3.05) is 18.6 Å². The van der Waals surface area contributed by atoms with Gasteiger partial charge in [0.25, 0.3) is 11.8 Å². The first-order valence-corrected chi connectivity index (χ1v) is 12.6. The minimum Gasteiger partial charge on any atom is -0.497 e. The van der Waals surface area contributed by atoms with Gasteiger partial charge in [0.1, 0.15) is 17.9 Å². The number of nitrogens with zero attached hydrogens (tertiary/aromatic N) is 1. The maximum absolute atomic E-state index is 13.2. The second-order valence-electron chi connectivity index (χ2n) is 8.19. The van der Waals surface area contributed by atoms with Crippen LogP contribution in [-0.4, -0.2) is 31.6 Å². The smallest absolute Gasteiger partial charge is 0.335 e. The highest BCUT2D eigenvalue weighted by Gasteiger charge is 2.37. The van der Waals surface area contributed by atoms with Crippen molar-refractivity contribution in [1.82, 2.24) is 5.32 Å². The van der Waals surface area contributed by atoms with E-state index in [9.17, 15) is 14.4 Å². The second-order valence-corrected chi connectivity index (χ2v) is 9.36. The summed E-state index contributed by atoms with van der Waals surface area (Å²) in [4.78, 5) is 39.3. The average molecular weight is 612 g/mol. The number of anilines is 1. The first kappa shape index (κ1) is 26.2. The molecule has 1 aliphatic heterocycles. The molecule has 1 saturated heterocycles. The Morgan fingerprint density at radius 1 is 0.973 bits per heavy atom. The van der Waals surface area contributed by atoms with Crippen molar-refractivity contribution < 1.29 is 28.6 Å². The number of ether oxygens (including phenoxy) is 3. The summed E-state index contributed by atoms with van der Waals surface area (Å²) in [6, 6.07) is 17.1. The molecule has 0 bridgehead atoms. The zero-order chi connectivity index (χ0) is 26.5. The maximum Gasteiger partial charge on any atom is 0.335 e. The predicted octanol–water partition coefficient (Wildman–Crippen LogP) is 5.25. The topological polar surface area (TPSA) is 94.2 Å². The summed E-state index contributed by atoms with van der Waals surface area (Å²) < 4.78 is 17.8. The monoisotopic (exact) mass is 612 g/mol. The lowest BCUT2D eigenvalue weighted by atomic mass is 10.1. The number of rotatable bonds is 8. The standard InChI is InChI=1S/C28H25IN2O6/c1-4-36-24-15-19(14-23(29)25(24)37-16-18-7-5-17(2)6-8-18)13-22-26(32)30-28(34)31(27(22)33)20-9-11-21(35-3)12-10-20/h5-15H,4,16H2,1-3H3,(H,30,32,34)/b22-13+. The van der Waals surface area contributed by atoms with Crippen LogP contribution in [0, 0.1) is 10.5 Å². The lowest BCUT2D eigenvalue weighted by Gasteiger charge is -2.26. The molecule has 37 heavy (non-hydrogen) atoms. The second kappa shape index (κ2) is 11.5. The summed E-state index contributed by atoms with van der Waals surface area (Å²) in [5.74, 6) is 0.127. The molecule has 3 aromatic rings. The molecule has 0 aliphatic carbocycles. The first-order valence-electron chi connectivity index (χ1n) is 11.5. The number of hydrogen-bond donors (Lipinski definition) is 1. The van der Waals surface area contributed by atoms with Crippen molar-refractivity contribution in [3.8, 4) is 17.2 Å². The summed E-state index contributed by atoms with van der Waals surface area (Å²) in [6.45, 7) is 4.64. The third kappa shape index (κ3) is 5.93. The lowest BCUT2D eigenvalue weighted by molar-refractivity contribution is -0.122. The van der Waals surface area contributed by atoms with Gasteiger partial charge in [0.2, 0.25) is 0 Å². The number of amides is 4. The van der Waals surface area contributed by atoms with Crippen LogP contribution in [0.25, 0.3) is 6.08 Å². The number of halogens is 1. The Hall–Kier alpha value is -3.86. The highest BCUT2D eigenvalue weighted by Crippen LogP contribution is 2.36. The molecule has 4 rings (SSSR count). The van der Waals surface area contributed by atoms with E-state index in [2.05, 4.69) is 27.9 Å². The van der Waals surface area contributed by atoms with E-state index in [1.165, 1.54) is 18.7 Å². The van der Waals surface area contributed by atoms with E-state index < -0.39 is 17.8 Å². The number of aryl methyl sites for hydroxylation is 1. The molecule has 1 aliphatic rings. The molecule has 1 heterocycles. The molecule has 0 spiro atoms. The van der Waals surface area contributed by atoms with Gasteiger partial charge in [-0.15, -0.1) is 0 Å². The summed E-state index contributed by atoms with van der Waals surface area (Å²) in [6.07, 6.45) is 1.44. The van der Waals surface area contributed by atoms with Crippen LogP contribution >= 0.6 is 22.6 Å². The molecule has 190 valence electrons. The van der Waals surface area contributed by atoms with E-state index in [1.807, 2.05) is 38.1 Å². The predicted molar refractivity (Wildman–Crippen MR) is 148 cm³/mol. The number of carbonyl (C=O) groups is 3. The molecule has 0 unspecified atom stereocenters. The highest BCUT2D eigenvalue weighted by molar-refractivity contribution is 14.1. The molecule has 4 amide bonds. The van der Waals surface area contributed by atoms with Crippen LogP contribution < -0.4 is 24.4 Å². The Bertz CT molecular complexity index is 1370. The van der Waals surface area contributed by atoms with Gasteiger partial charge in [-0.2, -0.15) is 0 Å². The van der Waals surface area contributed by atoms with Crippen molar-refractivity contribution in [2.24, 2.45) is 0 Å². The normalized spacial score (nSPS) is 14.5. The van der Waals surface area contributed by atoms with Crippen LogP contribution in [0.3, 0.4) is 0 Å². The SMILES string of the molecule is CCOc1cc(/C=C2\C(=O)NC(=O)N(c3ccc(OC)cc3)C2=O)cc(I)c1OCc1ccc(C)cc1. The molecule has 1 fully saturated rings. The van der Waals surface area contributed by atoms with Crippen molar-refractivity contribution in [1.29, 1.82) is 0 Å². The van der Waals surface area contributed by atoms with Crippen LogP contribution in [-0.2, 0) is 16.2 Å². The van der Waals surface area contributed by atoms with Crippen molar-refractivity contribution in [3.63, 3.8) is 0 Å². The Labute approximate surface area is 228 Å². The number of hydrogen-bond acceptors (Lipinski definition) is 6. The minimum atomic E-state index is -0.818. The van der Waals surface area contributed by atoms with Gasteiger partial charge in [0, 0.05) is 0 Å². The fourth-order valence-corrected chi connectivity index (χ4v) is 4.49. The summed E-state index contributed by atoms with van der Waals surface area (Å²) >= 11 is 2.13. The summed E-state index contributed by atoms with van der Waals surface area (Å²) in [7, 11) is 1.52. The Balaban J connectivity index is 1.64.